The molecule has 0 aromatic heterocycles. The number of fused-ring (bicyclic) bond motifs is 1. The molecule has 0 heterocycles. The van der Waals surface area contributed by atoms with Crippen LogP contribution in [0, 0.1) is 0 Å². The van der Waals surface area contributed by atoms with Gasteiger partial charge in [-0.2, -0.15) is 0 Å². The highest BCUT2D eigenvalue weighted by atomic mass is 16.4. The molecule has 0 atom stereocenters. The largest absolute Gasteiger partial charge is 0.504 e. The molecule has 0 radical (unpaired) electrons. The van der Waals surface area contributed by atoms with Gasteiger partial charge in [0.1, 0.15) is 0 Å². The normalized spacial score (nSPS) is 10.5. The molecular weight excluding hydrogens is 212 g/mol. The summed E-state index contributed by atoms with van der Waals surface area (Å²) in [6, 6.07) is 5.35. The van der Waals surface area contributed by atoms with Crippen LogP contribution in [0.5, 0.6) is 17.2 Å². The molecule has 0 amide bonds. The van der Waals surface area contributed by atoms with Crippen molar-refractivity contribution in [2.75, 3.05) is 0 Å². The lowest BCUT2D eigenvalue weighted by Crippen LogP contribution is -1.97. The number of phenolic OH excluding ortho intramolecular Hbond substituents is 3. The van der Waals surface area contributed by atoms with Crippen LogP contribution in [0.3, 0.4) is 0 Å². The molecule has 0 bridgehead atoms. The number of carbonyl (C=O) groups is 1. The number of hydrogen-bond donors (Lipinski definition) is 4. The Kier molecular flexibility index (Phi) is 2.09. The van der Waals surface area contributed by atoms with Crippen LogP contribution in [0.4, 0.5) is 0 Å². The zero-order chi connectivity index (χ0) is 11.9. The minimum Gasteiger partial charge on any atom is -0.504 e. The van der Waals surface area contributed by atoms with Crippen LogP contribution in [0.25, 0.3) is 10.8 Å². The SMILES string of the molecule is O=C(O)c1cccc2c(O)c(O)c(O)cc12. The van der Waals surface area contributed by atoms with Crippen molar-refractivity contribution in [3.8, 4) is 17.2 Å². The Morgan fingerprint density at radius 2 is 1.69 bits per heavy atom. The van der Waals surface area contributed by atoms with E-state index in [-0.39, 0.29) is 16.3 Å². The summed E-state index contributed by atoms with van der Waals surface area (Å²) < 4.78 is 0. The van der Waals surface area contributed by atoms with Gasteiger partial charge in [-0.15, -0.1) is 0 Å². The van der Waals surface area contributed by atoms with Gasteiger partial charge < -0.3 is 20.4 Å². The Bertz CT molecular complexity index is 588. The van der Waals surface area contributed by atoms with Crippen LogP contribution in [-0.4, -0.2) is 26.4 Å². The number of phenols is 3. The van der Waals surface area contributed by atoms with E-state index in [9.17, 15) is 20.1 Å². The molecule has 0 aliphatic heterocycles. The van der Waals surface area contributed by atoms with E-state index in [4.69, 9.17) is 5.11 Å². The van der Waals surface area contributed by atoms with Crippen molar-refractivity contribution in [3.63, 3.8) is 0 Å². The summed E-state index contributed by atoms with van der Waals surface area (Å²) in [6.07, 6.45) is 0. The lowest BCUT2D eigenvalue weighted by Gasteiger charge is -2.07. The van der Waals surface area contributed by atoms with E-state index in [2.05, 4.69) is 0 Å². The van der Waals surface area contributed by atoms with Gasteiger partial charge in [0.25, 0.3) is 0 Å². The molecule has 5 nitrogen and oxygen atoms in total. The van der Waals surface area contributed by atoms with Gasteiger partial charge in [-0.25, -0.2) is 4.79 Å². The van der Waals surface area contributed by atoms with E-state index in [1.165, 1.54) is 18.2 Å². The zero-order valence-corrected chi connectivity index (χ0v) is 8.01. The van der Waals surface area contributed by atoms with Crippen molar-refractivity contribution in [2.45, 2.75) is 0 Å². The number of carboxylic acids is 1. The lowest BCUT2D eigenvalue weighted by molar-refractivity contribution is 0.0699. The summed E-state index contributed by atoms with van der Waals surface area (Å²) in [5, 5.41) is 37.4. The molecule has 0 saturated heterocycles. The first-order chi connectivity index (χ1) is 7.52. The van der Waals surface area contributed by atoms with E-state index in [0.29, 0.717) is 0 Å². The van der Waals surface area contributed by atoms with Gasteiger partial charge in [0.05, 0.1) is 5.56 Å². The maximum atomic E-state index is 10.9. The maximum Gasteiger partial charge on any atom is 0.336 e. The van der Waals surface area contributed by atoms with Crippen molar-refractivity contribution in [1.29, 1.82) is 0 Å². The predicted molar refractivity (Wildman–Crippen MR) is 55.9 cm³/mol. The maximum absolute atomic E-state index is 10.9. The predicted octanol–water partition coefficient (Wildman–Crippen LogP) is 1.65. The molecule has 4 N–H and O–H groups in total. The summed E-state index contributed by atoms with van der Waals surface area (Å²) in [5.74, 6) is -2.91. The topological polar surface area (TPSA) is 98.0 Å². The highest BCUT2D eigenvalue weighted by Crippen LogP contribution is 2.41. The van der Waals surface area contributed by atoms with Crippen LogP contribution in [0.1, 0.15) is 10.4 Å². The standard InChI is InChI=1S/C11H8O5/c12-8-4-7-5(9(13)10(8)14)2-1-3-6(7)11(15)16/h1-4,12-14H,(H,15,16). The smallest absolute Gasteiger partial charge is 0.336 e. The Hall–Kier alpha value is -2.43. The Balaban J connectivity index is 2.95. The third-order valence-corrected chi connectivity index (χ3v) is 2.34. The van der Waals surface area contributed by atoms with Crippen LogP contribution >= 0.6 is 0 Å². The molecule has 2 aromatic carbocycles. The highest BCUT2D eigenvalue weighted by Gasteiger charge is 2.15. The van der Waals surface area contributed by atoms with Crippen molar-refractivity contribution < 1.29 is 25.2 Å². The molecule has 0 unspecified atom stereocenters. The monoisotopic (exact) mass is 220 g/mol. The molecule has 2 rings (SSSR count). The molecule has 16 heavy (non-hydrogen) atoms. The summed E-state index contributed by atoms with van der Waals surface area (Å²) in [6.45, 7) is 0. The summed E-state index contributed by atoms with van der Waals surface area (Å²) in [5.41, 5.74) is -0.0527. The number of aromatic hydroxyl groups is 3. The Morgan fingerprint density at radius 1 is 1.00 bits per heavy atom. The molecule has 0 aliphatic carbocycles. The molecule has 0 spiro atoms. The molecule has 0 aliphatic rings. The van der Waals surface area contributed by atoms with E-state index in [1.807, 2.05) is 0 Å². The van der Waals surface area contributed by atoms with Gasteiger partial charge in [0.15, 0.2) is 11.5 Å². The first-order valence-corrected chi connectivity index (χ1v) is 4.42. The second kappa shape index (κ2) is 3.30. The number of hydrogen-bond acceptors (Lipinski definition) is 4. The van der Waals surface area contributed by atoms with E-state index in [0.717, 1.165) is 6.07 Å². The van der Waals surface area contributed by atoms with E-state index in [1.54, 1.807) is 0 Å². The van der Waals surface area contributed by atoms with Gasteiger partial charge in [0.2, 0.25) is 5.75 Å². The Morgan fingerprint density at radius 3 is 2.31 bits per heavy atom. The number of rotatable bonds is 1. The number of benzene rings is 2. The molecule has 82 valence electrons. The van der Waals surface area contributed by atoms with E-state index >= 15 is 0 Å². The minimum atomic E-state index is -1.17. The molecule has 0 saturated carbocycles. The van der Waals surface area contributed by atoms with Gasteiger partial charge in [-0.05, 0) is 12.1 Å². The quantitative estimate of drug-likeness (QED) is 0.548. The van der Waals surface area contributed by atoms with Gasteiger partial charge in [-0.1, -0.05) is 12.1 Å². The number of aromatic carboxylic acids is 1. The number of carboxylic acid groups (broad SMARTS) is 1. The van der Waals surface area contributed by atoms with Crippen molar-refractivity contribution in [2.24, 2.45) is 0 Å². The third kappa shape index (κ3) is 1.30. The molecule has 0 fully saturated rings. The van der Waals surface area contributed by atoms with Gasteiger partial charge in [-0.3, -0.25) is 0 Å². The highest BCUT2D eigenvalue weighted by molar-refractivity contribution is 6.06. The molecular formula is C11H8O5. The first-order valence-electron chi connectivity index (χ1n) is 4.42. The fourth-order valence-corrected chi connectivity index (χ4v) is 1.57. The van der Waals surface area contributed by atoms with Gasteiger partial charge in [0, 0.05) is 10.8 Å². The second-order valence-electron chi connectivity index (χ2n) is 3.30. The zero-order valence-electron chi connectivity index (χ0n) is 8.01. The first kappa shape index (κ1) is 10.1. The molecule has 2 aromatic rings. The van der Waals surface area contributed by atoms with Crippen LogP contribution in [0.2, 0.25) is 0 Å². The van der Waals surface area contributed by atoms with Crippen molar-refractivity contribution in [3.05, 3.63) is 29.8 Å². The van der Waals surface area contributed by atoms with E-state index < -0.39 is 23.2 Å². The fraction of sp³-hybridized carbons (Fsp3) is 0. The minimum absolute atomic E-state index is 0.0527. The van der Waals surface area contributed by atoms with Crippen LogP contribution in [0.15, 0.2) is 24.3 Å². The Labute approximate surface area is 89.8 Å². The average Bonchev–Trinajstić information content (AvgIpc) is 2.25. The van der Waals surface area contributed by atoms with Crippen molar-refractivity contribution in [1.82, 2.24) is 0 Å². The fourth-order valence-electron chi connectivity index (χ4n) is 1.57. The average molecular weight is 220 g/mol. The van der Waals surface area contributed by atoms with Crippen LogP contribution < -0.4 is 0 Å². The summed E-state index contributed by atoms with van der Waals surface area (Å²) in [4.78, 5) is 10.9. The third-order valence-electron chi connectivity index (χ3n) is 2.34. The van der Waals surface area contributed by atoms with Gasteiger partial charge >= 0.3 is 5.97 Å². The summed E-state index contributed by atoms with van der Waals surface area (Å²) >= 11 is 0. The van der Waals surface area contributed by atoms with Crippen LogP contribution in [-0.2, 0) is 0 Å². The van der Waals surface area contributed by atoms with Crippen molar-refractivity contribution >= 4 is 16.7 Å². The lowest BCUT2D eigenvalue weighted by atomic mass is 10.0. The molecule has 5 heteroatoms. The summed E-state index contributed by atoms with van der Waals surface area (Å²) in [7, 11) is 0. The second-order valence-corrected chi connectivity index (χ2v) is 3.30.